The van der Waals surface area contributed by atoms with Gasteiger partial charge < -0.3 is 9.51 Å². The lowest BCUT2D eigenvalue weighted by molar-refractivity contribution is 0.431. The molecule has 2 aromatic carbocycles. The van der Waals surface area contributed by atoms with Crippen LogP contribution in [0.4, 0.5) is 0 Å². The molecule has 128 valence electrons. The second-order valence-corrected chi connectivity index (χ2v) is 6.69. The molecule has 0 aliphatic rings. The van der Waals surface area contributed by atoms with E-state index in [1.165, 1.54) is 0 Å². The first-order valence-corrected chi connectivity index (χ1v) is 8.52. The van der Waals surface area contributed by atoms with Crippen molar-refractivity contribution in [2.75, 3.05) is 0 Å². The SMILES string of the molecule is Cc1c(Cl)ccc2[nH]c(-c3nc(-c4ccc5cnn(C)c5c4)no3)cc12. The Morgan fingerprint density at radius 2 is 2.04 bits per heavy atom. The number of aromatic amines is 1. The average molecular weight is 364 g/mol. The number of halogens is 1. The summed E-state index contributed by atoms with van der Waals surface area (Å²) in [6.07, 6.45) is 1.83. The van der Waals surface area contributed by atoms with Crippen LogP contribution in [-0.4, -0.2) is 24.9 Å². The van der Waals surface area contributed by atoms with Crippen molar-refractivity contribution in [2.24, 2.45) is 7.05 Å². The molecule has 6 nitrogen and oxygen atoms in total. The molecule has 0 bridgehead atoms. The molecule has 5 rings (SSSR count). The molecule has 0 fully saturated rings. The third-order valence-electron chi connectivity index (χ3n) is 4.67. The van der Waals surface area contributed by atoms with E-state index in [1.807, 2.05) is 61.2 Å². The van der Waals surface area contributed by atoms with E-state index in [0.717, 1.165) is 43.6 Å². The molecule has 7 heteroatoms. The van der Waals surface area contributed by atoms with Crippen LogP contribution >= 0.6 is 11.6 Å². The third kappa shape index (κ3) is 2.23. The molecule has 0 aliphatic carbocycles. The molecule has 3 aromatic heterocycles. The highest BCUT2D eigenvalue weighted by Crippen LogP contribution is 2.30. The number of H-pyrrole nitrogens is 1. The van der Waals surface area contributed by atoms with Crippen molar-refractivity contribution in [1.82, 2.24) is 24.9 Å². The number of hydrogen-bond donors (Lipinski definition) is 1. The van der Waals surface area contributed by atoms with Crippen LogP contribution in [0.1, 0.15) is 5.56 Å². The molecule has 1 N–H and O–H groups in total. The predicted molar refractivity (Wildman–Crippen MR) is 101 cm³/mol. The van der Waals surface area contributed by atoms with E-state index in [4.69, 9.17) is 16.1 Å². The van der Waals surface area contributed by atoms with Gasteiger partial charge in [0.05, 0.1) is 11.7 Å². The fourth-order valence-corrected chi connectivity index (χ4v) is 3.34. The molecular formula is C19H14ClN5O. The van der Waals surface area contributed by atoms with Crippen molar-refractivity contribution in [3.63, 3.8) is 0 Å². The van der Waals surface area contributed by atoms with Gasteiger partial charge in [-0.2, -0.15) is 10.1 Å². The minimum Gasteiger partial charge on any atom is -0.351 e. The van der Waals surface area contributed by atoms with E-state index in [2.05, 4.69) is 20.2 Å². The number of fused-ring (bicyclic) bond motifs is 2. The lowest BCUT2D eigenvalue weighted by Gasteiger charge is -1.97. The van der Waals surface area contributed by atoms with Gasteiger partial charge in [0.25, 0.3) is 5.89 Å². The molecule has 0 unspecified atom stereocenters. The Labute approximate surface area is 153 Å². The topological polar surface area (TPSA) is 72.5 Å². The number of nitrogens with one attached hydrogen (secondary N) is 1. The minimum absolute atomic E-state index is 0.442. The number of hydrogen-bond acceptors (Lipinski definition) is 4. The summed E-state index contributed by atoms with van der Waals surface area (Å²) in [6, 6.07) is 11.8. The number of nitrogens with zero attached hydrogens (tertiary/aromatic N) is 4. The Bertz CT molecular complexity index is 1280. The minimum atomic E-state index is 0.442. The molecule has 0 saturated heterocycles. The molecule has 3 heterocycles. The van der Waals surface area contributed by atoms with E-state index in [-0.39, 0.29) is 0 Å². The molecular weight excluding hydrogens is 350 g/mol. The number of rotatable bonds is 2. The van der Waals surface area contributed by atoms with Crippen LogP contribution in [0.2, 0.25) is 5.02 Å². The van der Waals surface area contributed by atoms with E-state index in [0.29, 0.717) is 11.7 Å². The van der Waals surface area contributed by atoms with Gasteiger partial charge in [0, 0.05) is 33.9 Å². The Kier molecular flexibility index (Phi) is 3.17. The summed E-state index contributed by atoms with van der Waals surface area (Å²) < 4.78 is 7.30. The largest absolute Gasteiger partial charge is 0.351 e. The van der Waals surface area contributed by atoms with Crippen molar-refractivity contribution >= 4 is 33.4 Å². The maximum atomic E-state index is 6.21. The van der Waals surface area contributed by atoms with Gasteiger partial charge in [-0.3, -0.25) is 4.68 Å². The number of aryl methyl sites for hydroxylation is 2. The van der Waals surface area contributed by atoms with Crippen molar-refractivity contribution in [2.45, 2.75) is 6.92 Å². The van der Waals surface area contributed by atoms with E-state index < -0.39 is 0 Å². The van der Waals surface area contributed by atoms with Crippen molar-refractivity contribution < 1.29 is 4.52 Å². The maximum Gasteiger partial charge on any atom is 0.274 e. The highest BCUT2D eigenvalue weighted by Gasteiger charge is 2.15. The summed E-state index contributed by atoms with van der Waals surface area (Å²) in [7, 11) is 1.91. The van der Waals surface area contributed by atoms with Gasteiger partial charge in [0.1, 0.15) is 5.69 Å². The maximum absolute atomic E-state index is 6.21. The molecule has 0 radical (unpaired) electrons. The van der Waals surface area contributed by atoms with Crippen LogP contribution in [0.5, 0.6) is 0 Å². The van der Waals surface area contributed by atoms with E-state index >= 15 is 0 Å². The summed E-state index contributed by atoms with van der Waals surface area (Å²) in [4.78, 5) is 7.86. The van der Waals surface area contributed by atoms with E-state index in [1.54, 1.807) is 0 Å². The molecule has 0 atom stereocenters. The van der Waals surface area contributed by atoms with Gasteiger partial charge in [-0.25, -0.2) is 0 Å². The molecule has 0 aliphatic heterocycles. The molecule has 5 aromatic rings. The van der Waals surface area contributed by atoms with Gasteiger partial charge in [-0.15, -0.1) is 0 Å². The van der Waals surface area contributed by atoms with Crippen LogP contribution in [0, 0.1) is 6.92 Å². The van der Waals surface area contributed by atoms with Crippen LogP contribution in [0.25, 0.3) is 44.8 Å². The Morgan fingerprint density at radius 3 is 2.92 bits per heavy atom. The van der Waals surface area contributed by atoms with Crippen LogP contribution in [0.3, 0.4) is 0 Å². The van der Waals surface area contributed by atoms with Crippen LogP contribution < -0.4 is 0 Å². The van der Waals surface area contributed by atoms with Crippen LogP contribution in [0.15, 0.2) is 47.1 Å². The normalized spacial score (nSPS) is 11.7. The lowest BCUT2D eigenvalue weighted by atomic mass is 10.1. The fraction of sp³-hybridized carbons (Fsp3) is 0.105. The zero-order valence-corrected chi connectivity index (χ0v) is 14.9. The molecule has 0 amide bonds. The van der Waals surface area contributed by atoms with Crippen molar-refractivity contribution in [1.29, 1.82) is 0 Å². The monoisotopic (exact) mass is 363 g/mol. The quantitative estimate of drug-likeness (QED) is 0.492. The first kappa shape index (κ1) is 15.2. The second kappa shape index (κ2) is 5.44. The van der Waals surface area contributed by atoms with Crippen molar-refractivity contribution in [3.05, 3.63) is 53.2 Å². The zero-order valence-electron chi connectivity index (χ0n) is 14.1. The predicted octanol–water partition coefficient (Wildman–Crippen LogP) is 4.73. The Balaban J connectivity index is 1.59. The first-order valence-electron chi connectivity index (χ1n) is 8.14. The van der Waals surface area contributed by atoms with Gasteiger partial charge >= 0.3 is 0 Å². The van der Waals surface area contributed by atoms with Crippen molar-refractivity contribution in [3.8, 4) is 23.0 Å². The summed E-state index contributed by atoms with van der Waals surface area (Å²) in [5.74, 6) is 0.980. The fourth-order valence-electron chi connectivity index (χ4n) is 3.17. The first-order chi connectivity index (χ1) is 12.6. The summed E-state index contributed by atoms with van der Waals surface area (Å²) in [5, 5.41) is 11.2. The summed E-state index contributed by atoms with van der Waals surface area (Å²) >= 11 is 6.21. The highest BCUT2D eigenvalue weighted by atomic mass is 35.5. The Hall–Kier alpha value is -3.12. The van der Waals surface area contributed by atoms with Gasteiger partial charge in [-0.1, -0.05) is 28.9 Å². The molecule has 0 saturated carbocycles. The highest BCUT2D eigenvalue weighted by molar-refractivity contribution is 6.32. The summed E-state index contributed by atoms with van der Waals surface area (Å²) in [6.45, 7) is 1.99. The number of benzene rings is 2. The average Bonchev–Trinajstić information content (AvgIpc) is 3.36. The van der Waals surface area contributed by atoms with E-state index in [9.17, 15) is 0 Å². The third-order valence-corrected chi connectivity index (χ3v) is 5.08. The van der Waals surface area contributed by atoms with Crippen LogP contribution in [-0.2, 0) is 7.05 Å². The van der Waals surface area contributed by atoms with Gasteiger partial charge in [0.2, 0.25) is 5.82 Å². The molecule has 0 spiro atoms. The number of aromatic nitrogens is 5. The standard InChI is InChI=1S/C19H14ClN5O/c1-10-13-8-16(22-15(13)6-5-14(10)20)19-23-18(24-26-19)11-3-4-12-9-21-25(2)17(12)7-11/h3-9,22H,1-2H3. The summed E-state index contributed by atoms with van der Waals surface area (Å²) in [5.41, 5.74) is 4.67. The van der Waals surface area contributed by atoms with Gasteiger partial charge in [-0.05, 0) is 36.8 Å². The zero-order chi connectivity index (χ0) is 17.8. The smallest absolute Gasteiger partial charge is 0.274 e. The second-order valence-electron chi connectivity index (χ2n) is 6.28. The molecule has 26 heavy (non-hydrogen) atoms. The Morgan fingerprint density at radius 1 is 1.15 bits per heavy atom. The van der Waals surface area contributed by atoms with Gasteiger partial charge in [0.15, 0.2) is 0 Å². The lowest BCUT2D eigenvalue weighted by Crippen LogP contribution is -1.89.